The smallest absolute Gasteiger partial charge is 0.253 e. The molecule has 1 aliphatic carbocycles. The first-order valence-corrected chi connectivity index (χ1v) is 10.3. The lowest BCUT2D eigenvalue weighted by Gasteiger charge is -2.45. The fraction of sp³-hybridized carbons (Fsp3) is 0.292. The minimum Gasteiger partial charge on any atom is -0.347 e. The van der Waals surface area contributed by atoms with Crippen molar-refractivity contribution in [2.45, 2.75) is 24.8 Å². The number of nitriles is 1. The van der Waals surface area contributed by atoms with E-state index < -0.39 is 0 Å². The molecule has 0 radical (unpaired) electrons. The fourth-order valence-electron chi connectivity index (χ4n) is 5.24. The van der Waals surface area contributed by atoms with Crippen LogP contribution in [0.2, 0.25) is 0 Å². The van der Waals surface area contributed by atoms with E-state index in [0.29, 0.717) is 5.56 Å². The summed E-state index contributed by atoms with van der Waals surface area (Å²) in [5, 5.41) is 15.8. The van der Waals surface area contributed by atoms with Gasteiger partial charge in [0.25, 0.3) is 5.91 Å². The van der Waals surface area contributed by atoms with E-state index >= 15 is 0 Å². The average Bonchev–Trinajstić information content (AvgIpc) is 3.05. The summed E-state index contributed by atoms with van der Waals surface area (Å²) in [4.78, 5) is 17.7. The van der Waals surface area contributed by atoms with Gasteiger partial charge in [-0.15, -0.1) is 0 Å². The lowest BCUT2D eigenvalue weighted by Crippen LogP contribution is -2.71. The normalized spacial score (nSPS) is 17.9. The second-order valence-electron chi connectivity index (χ2n) is 8.64. The number of amides is 1. The molecule has 148 valence electrons. The quantitative estimate of drug-likeness (QED) is 0.663. The Kier molecular flexibility index (Phi) is 3.51. The molecule has 30 heavy (non-hydrogen) atoms. The number of carbonyl (C=O) groups excluding carboxylic acids is 1. The number of hydrogen-bond acceptors (Lipinski definition) is 4. The van der Waals surface area contributed by atoms with Crippen molar-refractivity contribution in [2.24, 2.45) is 7.05 Å². The molecule has 2 aromatic heterocycles. The zero-order chi connectivity index (χ0) is 20.5. The van der Waals surface area contributed by atoms with Gasteiger partial charge in [-0.05, 0) is 42.2 Å². The summed E-state index contributed by atoms with van der Waals surface area (Å²) in [6.45, 7) is 1.65. The summed E-state index contributed by atoms with van der Waals surface area (Å²) in [5.74, 6) is 0.0639. The Morgan fingerprint density at radius 3 is 2.87 bits per heavy atom. The van der Waals surface area contributed by atoms with Crippen LogP contribution in [-0.2, 0) is 26.3 Å². The maximum atomic E-state index is 13.1. The van der Waals surface area contributed by atoms with Crippen molar-refractivity contribution in [3.63, 3.8) is 0 Å². The molecule has 6 nitrogen and oxygen atoms in total. The van der Waals surface area contributed by atoms with Gasteiger partial charge in [-0.1, -0.05) is 12.1 Å². The predicted octanol–water partition coefficient (Wildman–Crippen LogP) is 2.35. The highest BCUT2D eigenvalue weighted by Crippen LogP contribution is 2.42. The largest absolute Gasteiger partial charge is 0.347 e. The maximum absolute atomic E-state index is 13.1. The van der Waals surface area contributed by atoms with Gasteiger partial charge in [0.05, 0.1) is 34.1 Å². The van der Waals surface area contributed by atoms with Gasteiger partial charge < -0.3 is 15.2 Å². The van der Waals surface area contributed by atoms with Crippen LogP contribution in [-0.4, -0.2) is 34.1 Å². The molecule has 1 aromatic carbocycles. The third kappa shape index (κ3) is 2.33. The van der Waals surface area contributed by atoms with Gasteiger partial charge in [0.2, 0.25) is 0 Å². The Morgan fingerprint density at radius 1 is 1.23 bits per heavy atom. The molecule has 0 unspecified atom stereocenters. The molecule has 1 spiro atoms. The zero-order valence-electron chi connectivity index (χ0n) is 16.7. The highest BCUT2D eigenvalue weighted by molar-refractivity contribution is 6.01. The van der Waals surface area contributed by atoms with Crippen LogP contribution in [0.1, 0.15) is 32.7 Å². The van der Waals surface area contributed by atoms with Gasteiger partial charge in [-0.3, -0.25) is 9.78 Å². The number of hydrogen-bond donors (Lipinski definition) is 2. The SMILES string of the molecule is Cn1c2c(c3c1-c1cc(-c4cccc(C#N)c4)ncc1CC3)C(=O)NC1(CNC1)C2. The first kappa shape index (κ1) is 17.4. The monoisotopic (exact) mass is 395 g/mol. The van der Waals surface area contributed by atoms with E-state index in [0.717, 1.165) is 71.7 Å². The Morgan fingerprint density at radius 2 is 2.10 bits per heavy atom. The minimum atomic E-state index is -0.136. The van der Waals surface area contributed by atoms with Crippen LogP contribution < -0.4 is 10.6 Å². The van der Waals surface area contributed by atoms with E-state index in [4.69, 9.17) is 0 Å². The van der Waals surface area contributed by atoms with Gasteiger partial charge in [-0.2, -0.15) is 5.26 Å². The summed E-state index contributed by atoms with van der Waals surface area (Å²) >= 11 is 0. The average molecular weight is 395 g/mol. The van der Waals surface area contributed by atoms with E-state index in [9.17, 15) is 10.1 Å². The first-order valence-electron chi connectivity index (χ1n) is 10.3. The van der Waals surface area contributed by atoms with Crippen LogP contribution in [0, 0.1) is 11.3 Å². The van der Waals surface area contributed by atoms with Gasteiger partial charge in [0, 0.05) is 49.6 Å². The first-order chi connectivity index (χ1) is 14.6. The van der Waals surface area contributed by atoms with Crippen molar-refractivity contribution < 1.29 is 4.79 Å². The molecule has 1 amide bonds. The highest BCUT2D eigenvalue weighted by Gasteiger charge is 2.46. The second-order valence-corrected chi connectivity index (χ2v) is 8.64. The Hall–Kier alpha value is -3.43. The Balaban J connectivity index is 1.52. The van der Waals surface area contributed by atoms with Crippen LogP contribution in [0.4, 0.5) is 0 Å². The number of benzene rings is 1. The number of aryl methyl sites for hydroxylation is 1. The molecule has 3 aromatic rings. The van der Waals surface area contributed by atoms with Gasteiger partial charge in [0.1, 0.15) is 0 Å². The lowest BCUT2D eigenvalue weighted by atomic mass is 9.81. The zero-order valence-corrected chi connectivity index (χ0v) is 16.7. The van der Waals surface area contributed by atoms with Crippen LogP contribution in [0.25, 0.3) is 22.5 Å². The molecule has 6 heteroatoms. The number of pyridine rings is 1. The van der Waals surface area contributed by atoms with Gasteiger partial charge in [-0.25, -0.2) is 0 Å². The number of carbonyl (C=O) groups is 1. The number of aromatic nitrogens is 2. The van der Waals surface area contributed by atoms with Crippen LogP contribution in [0.5, 0.6) is 0 Å². The third-order valence-corrected chi connectivity index (χ3v) is 6.83. The molecule has 0 atom stereocenters. The summed E-state index contributed by atoms with van der Waals surface area (Å²) in [7, 11) is 2.08. The highest BCUT2D eigenvalue weighted by atomic mass is 16.2. The Bertz CT molecular complexity index is 1280. The van der Waals surface area contributed by atoms with E-state index in [2.05, 4.69) is 39.4 Å². The van der Waals surface area contributed by atoms with Crippen LogP contribution in [0.15, 0.2) is 36.5 Å². The molecule has 1 saturated heterocycles. The van der Waals surface area contributed by atoms with Crippen molar-refractivity contribution in [3.05, 3.63) is 64.5 Å². The second kappa shape index (κ2) is 6.04. The molecule has 6 rings (SSSR count). The van der Waals surface area contributed by atoms with Gasteiger partial charge >= 0.3 is 0 Å². The van der Waals surface area contributed by atoms with E-state index in [1.165, 1.54) is 5.56 Å². The minimum absolute atomic E-state index is 0.0639. The lowest BCUT2D eigenvalue weighted by molar-refractivity contribution is 0.0824. The summed E-state index contributed by atoms with van der Waals surface area (Å²) in [5.41, 5.74) is 8.94. The molecule has 2 N–H and O–H groups in total. The summed E-state index contributed by atoms with van der Waals surface area (Å²) in [6, 6.07) is 11.9. The standard InChI is InChI=1S/C24H21N5O/c1-29-20-9-24(12-26-13-24)28-23(30)21(20)17-6-5-16-11-27-19(8-18(16)22(17)29)15-4-2-3-14(7-15)10-25/h2-4,7-8,11,26H,5-6,9,12-13H2,1H3,(H,28,30). The Labute approximate surface area is 174 Å². The number of nitrogens with zero attached hydrogens (tertiary/aromatic N) is 3. The molecule has 4 heterocycles. The van der Waals surface area contributed by atoms with Crippen molar-refractivity contribution in [3.8, 4) is 28.6 Å². The van der Waals surface area contributed by atoms with E-state index in [-0.39, 0.29) is 11.4 Å². The van der Waals surface area contributed by atoms with Crippen molar-refractivity contribution in [1.29, 1.82) is 5.26 Å². The molecular weight excluding hydrogens is 374 g/mol. The fourth-order valence-corrected chi connectivity index (χ4v) is 5.24. The van der Waals surface area contributed by atoms with E-state index in [1.54, 1.807) is 6.07 Å². The molecule has 0 saturated carbocycles. The molecule has 3 aliphatic rings. The third-order valence-electron chi connectivity index (χ3n) is 6.83. The van der Waals surface area contributed by atoms with Crippen LogP contribution >= 0.6 is 0 Å². The number of fused-ring (bicyclic) bond motifs is 5. The van der Waals surface area contributed by atoms with Crippen molar-refractivity contribution in [1.82, 2.24) is 20.2 Å². The van der Waals surface area contributed by atoms with E-state index in [1.807, 2.05) is 24.4 Å². The summed E-state index contributed by atoms with van der Waals surface area (Å²) < 4.78 is 2.23. The molecular formula is C24H21N5O. The molecule has 0 bridgehead atoms. The summed E-state index contributed by atoms with van der Waals surface area (Å²) in [6.07, 6.45) is 4.55. The number of nitrogens with one attached hydrogen (secondary N) is 2. The molecule has 1 fully saturated rings. The van der Waals surface area contributed by atoms with Crippen LogP contribution in [0.3, 0.4) is 0 Å². The van der Waals surface area contributed by atoms with Crippen molar-refractivity contribution in [2.75, 3.05) is 13.1 Å². The topological polar surface area (TPSA) is 82.7 Å². The number of rotatable bonds is 1. The van der Waals surface area contributed by atoms with Gasteiger partial charge in [0.15, 0.2) is 0 Å². The van der Waals surface area contributed by atoms with Crippen molar-refractivity contribution >= 4 is 5.91 Å². The maximum Gasteiger partial charge on any atom is 0.253 e. The molecule has 2 aliphatic heterocycles. The predicted molar refractivity (Wildman–Crippen MR) is 113 cm³/mol.